The van der Waals surface area contributed by atoms with Crippen molar-refractivity contribution in [3.8, 4) is 16.9 Å². The van der Waals surface area contributed by atoms with Crippen molar-refractivity contribution >= 4 is 16.7 Å². The molecule has 2 aromatic carbocycles. The number of hydrogen-bond acceptors (Lipinski definition) is 3. The second kappa shape index (κ2) is 7.81. The molecule has 3 aromatic rings. The van der Waals surface area contributed by atoms with Crippen LogP contribution < -0.4 is 9.64 Å². The second-order valence-corrected chi connectivity index (χ2v) is 6.82. The topological polar surface area (TPSA) is 30.3 Å². The van der Waals surface area contributed by atoms with Gasteiger partial charge in [-0.05, 0) is 49.1 Å². The Hall–Kier alpha value is -2.49. The van der Waals surface area contributed by atoms with Crippen LogP contribution in [0.15, 0.2) is 36.4 Å². The third kappa shape index (κ3) is 3.28. The first-order valence-electron chi connectivity index (χ1n) is 9.46. The SMILES string of the molecule is CCCN(CCC)c1c2cccc(-c3ccc(OC)cc3C)c2nn1C. The van der Waals surface area contributed by atoms with Crippen molar-refractivity contribution in [2.75, 3.05) is 25.1 Å². The van der Waals surface area contributed by atoms with Gasteiger partial charge >= 0.3 is 0 Å². The molecule has 0 aliphatic heterocycles. The maximum absolute atomic E-state index is 5.36. The third-order valence-electron chi connectivity index (χ3n) is 4.84. The fraction of sp³-hybridized carbons (Fsp3) is 0.409. The van der Waals surface area contributed by atoms with Crippen LogP contribution in [0.1, 0.15) is 32.3 Å². The van der Waals surface area contributed by atoms with Gasteiger partial charge in [-0.1, -0.05) is 32.0 Å². The molecule has 0 aliphatic carbocycles. The van der Waals surface area contributed by atoms with Crippen LogP contribution in [0.25, 0.3) is 22.0 Å². The fourth-order valence-corrected chi connectivity index (χ4v) is 3.72. The monoisotopic (exact) mass is 351 g/mol. The molecule has 0 saturated heterocycles. The highest BCUT2D eigenvalue weighted by atomic mass is 16.5. The van der Waals surface area contributed by atoms with E-state index in [9.17, 15) is 0 Å². The Kier molecular flexibility index (Phi) is 5.50. The van der Waals surface area contributed by atoms with E-state index in [1.165, 1.54) is 27.9 Å². The summed E-state index contributed by atoms with van der Waals surface area (Å²) in [5, 5.41) is 6.13. The number of ether oxygens (including phenoxy) is 1. The Labute approximate surface area is 156 Å². The first-order valence-corrected chi connectivity index (χ1v) is 9.46. The normalized spacial score (nSPS) is 11.1. The van der Waals surface area contributed by atoms with Crippen molar-refractivity contribution < 1.29 is 4.74 Å². The molecule has 0 bridgehead atoms. The lowest BCUT2D eigenvalue weighted by Gasteiger charge is -2.23. The van der Waals surface area contributed by atoms with E-state index in [0.717, 1.165) is 37.2 Å². The molecule has 0 amide bonds. The quantitative estimate of drug-likeness (QED) is 0.587. The number of methoxy groups -OCH3 is 1. The van der Waals surface area contributed by atoms with E-state index in [0.29, 0.717) is 0 Å². The second-order valence-electron chi connectivity index (χ2n) is 6.82. The highest BCUT2D eigenvalue weighted by Crippen LogP contribution is 2.36. The molecule has 0 unspecified atom stereocenters. The van der Waals surface area contributed by atoms with Gasteiger partial charge in [-0.15, -0.1) is 0 Å². The van der Waals surface area contributed by atoms with E-state index in [4.69, 9.17) is 9.84 Å². The van der Waals surface area contributed by atoms with Gasteiger partial charge in [-0.2, -0.15) is 5.10 Å². The molecule has 0 radical (unpaired) electrons. The van der Waals surface area contributed by atoms with E-state index in [2.05, 4.69) is 63.1 Å². The number of aryl methyl sites for hydroxylation is 2. The largest absolute Gasteiger partial charge is 0.497 e. The summed E-state index contributed by atoms with van der Waals surface area (Å²) in [5.41, 5.74) is 4.65. The summed E-state index contributed by atoms with van der Waals surface area (Å²) in [4.78, 5) is 2.46. The van der Waals surface area contributed by atoms with Crippen LogP contribution in [-0.2, 0) is 7.05 Å². The Morgan fingerprint density at radius 2 is 1.77 bits per heavy atom. The minimum Gasteiger partial charge on any atom is -0.497 e. The van der Waals surface area contributed by atoms with E-state index in [1.807, 2.05) is 10.7 Å². The number of anilines is 1. The average Bonchev–Trinajstić information content (AvgIpc) is 2.97. The molecule has 3 rings (SSSR count). The van der Waals surface area contributed by atoms with Crippen molar-refractivity contribution in [3.05, 3.63) is 42.0 Å². The summed E-state index contributed by atoms with van der Waals surface area (Å²) in [6, 6.07) is 12.7. The van der Waals surface area contributed by atoms with Crippen molar-refractivity contribution in [2.45, 2.75) is 33.6 Å². The molecule has 138 valence electrons. The van der Waals surface area contributed by atoms with E-state index in [1.54, 1.807) is 7.11 Å². The van der Waals surface area contributed by atoms with E-state index < -0.39 is 0 Å². The molecule has 0 aliphatic rings. The zero-order valence-electron chi connectivity index (χ0n) is 16.5. The highest BCUT2D eigenvalue weighted by Gasteiger charge is 2.18. The van der Waals surface area contributed by atoms with Gasteiger partial charge in [0, 0.05) is 31.1 Å². The van der Waals surface area contributed by atoms with Crippen molar-refractivity contribution in [2.24, 2.45) is 7.05 Å². The van der Waals surface area contributed by atoms with Crippen LogP contribution in [0.5, 0.6) is 5.75 Å². The molecule has 26 heavy (non-hydrogen) atoms. The molecule has 4 heteroatoms. The summed E-state index contributed by atoms with van der Waals surface area (Å²) in [6.07, 6.45) is 2.26. The summed E-state index contributed by atoms with van der Waals surface area (Å²) in [5.74, 6) is 2.11. The van der Waals surface area contributed by atoms with Crippen LogP contribution >= 0.6 is 0 Å². The van der Waals surface area contributed by atoms with Crippen LogP contribution in [0.3, 0.4) is 0 Å². The number of benzene rings is 2. The molecule has 0 atom stereocenters. The summed E-state index contributed by atoms with van der Waals surface area (Å²) >= 11 is 0. The molecular formula is C22H29N3O. The van der Waals surface area contributed by atoms with Crippen molar-refractivity contribution in [3.63, 3.8) is 0 Å². The summed E-state index contributed by atoms with van der Waals surface area (Å²) in [7, 11) is 3.76. The lowest BCUT2D eigenvalue weighted by atomic mass is 9.98. The average molecular weight is 351 g/mol. The predicted molar refractivity (Wildman–Crippen MR) is 110 cm³/mol. The summed E-state index contributed by atoms with van der Waals surface area (Å²) < 4.78 is 7.40. The number of hydrogen-bond donors (Lipinski definition) is 0. The van der Waals surface area contributed by atoms with Gasteiger partial charge in [0.1, 0.15) is 17.1 Å². The Bertz CT molecular complexity index is 892. The zero-order chi connectivity index (χ0) is 18.7. The standard InChI is InChI=1S/C22H29N3O/c1-6-13-25(14-7-2)22-20-10-8-9-19(21(20)23-24(22)4)18-12-11-17(26-5)15-16(18)3/h8-12,15H,6-7,13-14H2,1-5H3. The maximum atomic E-state index is 5.36. The molecule has 0 fully saturated rings. The van der Waals surface area contributed by atoms with Gasteiger partial charge in [-0.25, -0.2) is 0 Å². The molecular weight excluding hydrogens is 322 g/mol. The van der Waals surface area contributed by atoms with Crippen LogP contribution in [0.4, 0.5) is 5.82 Å². The van der Waals surface area contributed by atoms with Crippen LogP contribution in [-0.4, -0.2) is 30.0 Å². The van der Waals surface area contributed by atoms with Crippen LogP contribution in [0, 0.1) is 6.92 Å². The molecule has 0 spiro atoms. The molecule has 0 N–H and O–H groups in total. The fourth-order valence-electron chi connectivity index (χ4n) is 3.72. The van der Waals surface area contributed by atoms with Gasteiger partial charge < -0.3 is 9.64 Å². The zero-order valence-corrected chi connectivity index (χ0v) is 16.5. The minimum absolute atomic E-state index is 0.886. The molecule has 4 nitrogen and oxygen atoms in total. The molecule has 0 saturated carbocycles. The van der Waals surface area contributed by atoms with Gasteiger partial charge in [0.25, 0.3) is 0 Å². The van der Waals surface area contributed by atoms with E-state index in [-0.39, 0.29) is 0 Å². The Morgan fingerprint density at radius 3 is 2.38 bits per heavy atom. The predicted octanol–water partition coefficient (Wildman–Crippen LogP) is 5.18. The minimum atomic E-state index is 0.886. The lowest BCUT2D eigenvalue weighted by Crippen LogP contribution is -2.27. The number of fused-ring (bicyclic) bond motifs is 1. The van der Waals surface area contributed by atoms with Gasteiger partial charge in [0.2, 0.25) is 0 Å². The molecule has 1 aromatic heterocycles. The van der Waals surface area contributed by atoms with E-state index >= 15 is 0 Å². The number of nitrogens with zero attached hydrogens (tertiary/aromatic N) is 3. The Morgan fingerprint density at radius 1 is 1.04 bits per heavy atom. The smallest absolute Gasteiger partial charge is 0.134 e. The number of rotatable bonds is 7. The Balaban J connectivity index is 2.17. The third-order valence-corrected chi connectivity index (χ3v) is 4.84. The van der Waals surface area contributed by atoms with Crippen molar-refractivity contribution in [1.82, 2.24) is 9.78 Å². The van der Waals surface area contributed by atoms with Crippen molar-refractivity contribution in [1.29, 1.82) is 0 Å². The van der Waals surface area contributed by atoms with Gasteiger partial charge in [-0.3, -0.25) is 4.68 Å². The highest BCUT2D eigenvalue weighted by molar-refractivity contribution is 6.00. The molecule has 1 heterocycles. The number of aromatic nitrogens is 2. The lowest BCUT2D eigenvalue weighted by molar-refractivity contribution is 0.414. The maximum Gasteiger partial charge on any atom is 0.134 e. The van der Waals surface area contributed by atoms with Crippen LogP contribution in [0.2, 0.25) is 0 Å². The van der Waals surface area contributed by atoms with Gasteiger partial charge in [0.15, 0.2) is 0 Å². The van der Waals surface area contributed by atoms with Gasteiger partial charge in [0.05, 0.1) is 7.11 Å². The first kappa shape index (κ1) is 18.3. The summed E-state index contributed by atoms with van der Waals surface area (Å²) in [6.45, 7) is 8.68. The first-order chi connectivity index (χ1) is 12.6.